The predicted molar refractivity (Wildman–Crippen MR) is 78.2 cm³/mol. The van der Waals surface area contributed by atoms with Crippen molar-refractivity contribution in [2.24, 2.45) is 0 Å². The van der Waals surface area contributed by atoms with E-state index < -0.39 is 10.0 Å². The largest absolute Gasteiger partial charge is 0.354 e. The fourth-order valence-corrected chi connectivity index (χ4v) is 2.49. The zero-order chi connectivity index (χ0) is 15.3. The van der Waals surface area contributed by atoms with Gasteiger partial charge in [0, 0.05) is 24.3 Å². The summed E-state index contributed by atoms with van der Waals surface area (Å²) in [5.74, 6) is 0.418. The van der Waals surface area contributed by atoms with Gasteiger partial charge >= 0.3 is 0 Å². The number of hydrogen-bond donors (Lipinski definition) is 3. The summed E-state index contributed by atoms with van der Waals surface area (Å²) < 4.78 is 26.7. The smallest absolute Gasteiger partial charge is 0.243 e. The minimum Gasteiger partial charge on any atom is -0.354 e. The molecule has 2 aromatic heterocycles. The lowest BCUT2D eigenvalue weighted by Crippen LogP contribution is -2.23. The molecule has 2 aromatic rings. The van der Waals surface area contributed by atoms with Crippen LogP contribution in [0, 0.1) is 6.92 Å². The third kappa shape index (κ3) is 3.99. The highest BCUT2D eigenvalue weighted by Crippen LogP contribution is 2.09. The fraction of sp³-hybridized carbons (Fsp3) is 0.417. The summed E-state index contributed by atoms with van der Waals surface area (Å²) in [5, 5.41) is 9.58. The van der Waals surface area contributed by atoms with Crippen LogP contribution in [-0.4, -0.2) is 35.1 Å². The topological polar surface area (TPSA) is 113 Å². The Morgan fingerprint density at radius 1 is 1.24 bits per heavy atom. The summed E-state index contributed by atoms with van der Waals surface area (Å²) in [6.45, 7) is 4.76. The maximum atomic E-state index is 12.1. The number of nitrogens with one attached hydrogen (secondary N) is 3. The first-order chi connectivity index (χ1) is 10.0. The SMILES string of the molecule is CCCNc1ncc(S(=O)(=O)NCc2cn[nH]c2C)cn1. The van der Waals surface area contributed by atoms with E-state index in [1.165, 1.54) is 12.4 Å². The second-order valence-electron chi connectivity index (χ2n) is 4.51. The summed E-state index contributed by atoms with van der Waals surface area (Å²) in [4.78, 5) is 8.00. The standard InChI is InChI=1S/C12H18N6O2S/c1-3-4-13-12-14-7-11(8-15-12)21(19,20)17-6-10-5-16-18-9(10)2/h5,7-8,17H,3-4,6H2,1-2H3,(H,16,18)(H,13,14,15). The van der Waals surface area contributed by atoms with Crippen LogP contribution in [0.2, 0.25) is 0 Å². The van der Waals surface area contributed by atoms with Gasteiger partial charge in [0.2, 0.25) is 16.0 Å². The van der Waals surface area contributed by atoms with Gasteiger partial charge in [0.25, 0.3) is 0 Å². The van der Waals surface area contributed by atoms with E-state index in [0.29, 0.717) is 5.95 Å². The number of hydrogen-bond acceptors (Lipinski definition) is 6. The van der Waals surface area contributed by atoms with Crippen molar-refractivity contribution in [1.82, 2.24) is 24.9 Å². The Balaban J connectivity index is 2.03. The van der Waals surface area contributed by atoms with Gasteiger partial charge in [-0.3, -0.25) is 5.10 Å². The van der Waals surface area contributed by atoms with E-state index in [2.05, 4.69) is 30.2 Å². The van der Waals surface area contributed by atoms with Gasteiger partial charge in [-0.05, 0) is 13.3 Å². The number of aromatic amines is 1. The highest BCUT2D eigenvalue weighted by molar-refractivity contribution is 7.89. The fourth-order valence-electron chi connectivity index (χ4n) is 1.59. The molecule has 0 fully saturated rings. The van der Waals surface area contributed by atoms with Crippen LogP contribution >= 0.6 is 0 Å². The van der Waals surface area contributed by atoms with Crippen molar-refractivity contribution >= 4 is 16.0 Å². The molecule has 114 valence electrons. The lowest BCUT2D eigenvalue weighted by molar-refractivity contribution is 0.580. The monoisotopic (exact) mass is 310 g/mol. The first kappa shape index (κ1) is 15.4. The second-order valence-corrected chi connectivity index (χ2v) is 6.28. The Morgan fingerprint density at radius 2 is 1.95 bits per heavy atom. The van der Waals surface area contributed by atoms with Gasteiger partial charge in [0.1, 0.15) is 4.90 Å². The Hall–Kier alpha value is -2.00. The summed E-state index contributed by atoms with van der Waals surface area (Å²) in [5.41, 5.74) is 1.62. The molecular weight excluding hydrogens is 292 g/mol. The molecule has 9 heteroatoms. The molecule has 8 nitrogen and oxygen atoms in total. The Labute approximate surface area is 123 Å². The zero-order valence-electron chi connectivity index (χ0n) is 11.9. The van der Waals surface area contributed by atoms with Crippen molar-refractivity contribution in [1.29, 1.82) is 0 Å². The van der Waals surface area contributed by atoms with Crippen molar-refractivity contribution in [2.75, 3.05) is 11.9 Å². The summed E-state index contributed by atoms with van der Waals surface area (Å²) >= 11 is 0. The van der Waals surface area contributed by atoms with E-state index >= 15 is 0 Å². The van der Waals surface area contributed by atoms with Gasteiger partial charge < -0.3 is 5.32 Å². The molecule has 2 heterocycles. The summed E-state index contributed by atoms with van der Waals surface area (Å²) in [6.07, 6.45) is 5.10. The Bertz CT molecular complexity index is 680. The van der Waals surface area contributed by atoms with E-state index in [1.54, 1.807) is 6.20 Å². The molecule has 0 aromatic carbocycles. The number of nitrogens with zero attached hydrogens (tertiary/aromatic N) is 3. The molecule has 3 N–H and O–H groups in total. The van der Waals surface area contributed by atoms with Crippen LogP contribution in [0.1, 0.15) is 24.6 Å². The van der Waals surface area contributed by atoms with Crippen LogP contribution in [0.5, 0.6) is 0 Å². The molecule has 0 aliphatic heterocycles. The molecule has 2 rings (SSSR count). The highest BCUT2D eigenvalue weighted by Gasteiger charge is 2.15. The van der Waals surface area contributed by atoms with Crippen LogP contribution in [0.3, 0.4) is 0 Å². The molecule has 0 amide bonds. The molecule has 21 heavy (non-hydrogen) atoms. The Kier molecular flexibility index (Phi) is 4.86. The van der Waals surface area contributed by atoms with Gasteiger partial charge in [-0.15, -0.1) is 0 Å². The average Bonchev–Trinajstić information content (AvgIpc) is 2.89. The van der Waals surface area contributed by atoms with Gasteiger partial charge in [0.05, 0.1) is 18.6 Å². The van der Waals surface area contributed by atoms with E-state index in [9.17, 15) is 8.42 Å². The Morgan fingerprint density at radius 3 is 2.52 bits per heavy atom. The van der Waals surface area contributed by atoms with Crippen LogP contribution in [-0.2, 0) is 16.6 Å². The summed E-state index contributed by atoms with van der Waals surface area (Å²) in [6, 6.07) is 0. The maximum Gasteiger partial charge on any atom is 0.243 e. The molecular formula is C12H18N6O2S. The quantitative estimate of drug-likeness (QED) is 0.697. The van der Waals surface area contributed by atoms with Gasteiger partial charge in [-0.1, -0.05) is 6.92 Å². The minimum atomic E-state index is -3.63. The molecule has 0 atom stereocenters. The number of rotatable bonds is 7. The molecule has 0 radical (unpaired) electrons. The molecule has 0 bridgehead atoms. The third-order valence-corrected chi connectivity index (χ3v) is 4.21. The number of H-pyrrole nitrogens is 1. The van der Waals surface area contributed by atoms with Gasteiger partial charge in [-0.25, -0.2) is 23.1 Å². The minimum absolute atomic E-state index is 0.0331. The van der Waals surface area contributed by atoms with Crippen LogP contribution in [0.15, 0.2) is 23.5 Å². The highest BCUT2D eigenvalue weighted by atomic mass is 32.2. The molecule has 0 aliphatic carbocycles. The van der Waals surface area contributed by atoms with E-state index in [0.717, 1.165) is 24.2 Å². The average molecular weight is 310 g/mol. The lowest BCUT2D eigenvalue weighted by Gasteiger charge is -2.07. The first-order valence-corrected chi connectivity index (χ1v) is 8.05. The zero-order valence-corrected chi connectivity index (χ0v) is 12.7. The number of aromatic nitrogens is 4. The number of anilines is 1. The van der Waals surface area contributed by atoms with E-state index in [4.69, 9.17) is 0 Å². The molecule has 0 aliphatic rings. The third-order valence-electron chi connectivity index (χ3n) is 2.86. The summed E-state index contributed by atoms with van der Waals surface area (Å²) in [7, 11) is -3.63. The lowest BCUT2D eigenvalue weighted by atomic mass is 10.3. The van der Waals surface area contributed by atoms with Crippen molar-refractivity contribution in [2.45, 2.75) is 31.7 Å². The molecule has 0 unspecified atom stereocenters. The van der Waals surface area contributed by atoms with Crippen LogP contribution < -0.4 is 10.0 Å². The predicted octanol–water partition coefficient (Wildman–Crippen LogP) is 0.809. The van der Waals surface area contributed by atoms with Crippen molar-refractivity contribution in [3.63, 3.8) is 0 Å². The normalized spacial score (nSPS) is 11.5. The van der Waals surface area contributed by atoms with Crippen LogP contribution in [0.4, 0.5) is 5.95 Å². The van der Waals surface area contributed by atoms with E-state index in [1.807, 2.05) is 13.8 Å². The molecule has 0 saturated carbocycles. The van der Waals surface area contributed by atoms with Crippen molar-refractivity contribution < 1.29 is 8.42 Å². The maximum absolute atomic E-state index is 12.1. The van der Waals surface area contributed by atoms with E-state index in [-0.39, 0.29) is 11.4 Å². The second kappa shape index (κ2) is 6.64. The molecule has 0 spiro atoms. The number of aryl methyl sites for hydroxylation is 1. The number of sulfonamides is 1. The van der Waals surface area contributed by atoms with Gasteiger partial charge in [0.15, 0.2) is 0 Å². The van der Waals surface area contributed by atoms with Gasteiger partial charge in [-0.2, -0.15) is 5.10 Å². The van der Waals surface area contributed by atoms with Crippen molar-refractivity contribution in [3.8, 4) is 0 Å². The molecule has 0 saturated heterocycles. The van der Waals surface area contributed by atoms with Crippen LogP contribution in [0.25, 0.3) is 0 Å². The van der Waals surface area contributed by atoms with Crippen molar-refractivity contribution in [3.05, 3.63) is 29.8 Å². The first-order valence-electron chi connectivity index (χ1n) is 6.57.